The van der Waals surface area contributed by atoms with E-state index in [2.05, 4.69) is 15.5 Å². The number of carbonyl (C=O) groups excluding carboxylic acids is 1. The number of hydrogen-bond acceptors (Lipinski definition) is 5. The number of nitrogens with one attached hydrogen (secondary N) is 1. The van der Waals surface area contributed by atoms with Crippen LogP contribution >= 0.6 is 11.3 Å². The minimum absolute atomic E-state index is 0.0251. The molecule has 0 radical (unpaired) electrons. The van der Waals surface area contributed by atoms with Crippen molar-refractivity contribution in [2.24, 2.45) is 5.92 Å². The molecule has 1 aromatic heterocycles. The number of hydrogen-bond donors (Lipinski definition) is 1. The van der Waals surface area contributed by atoms with Crippen molar-refractivity contribution in [3.63, 3.8) is 0 Å². The summed E-state index contributed by atoms with van der Waals surface area (Å²) in [4.78, 5) is 11.7. The molecule has 1 atom stereocenters. The number of carbonyl (C=O) groups is 1. The van der Waals surface area contributed by atoms with Crippen molar-refractivity contribution < 1.29 is 9.53 Å². The van der Waals surface area contributed by atoms with E-state index >= 15 is 0 Å². The first kappa shape index (κ1) is 14.5. The van der Waals surface area contributed by atoms with Crippen molar-refractivity contribution >= 4 is 22.4 Å². The smallest absolute Gasteiger partial charge is 0.229 e. The van der Waals surface area contributed by atoms with Gasteiger partial charge in [0, 0.05) is 5.92 Å². The molecular formula is C14H17N3O2S. The van der Waals surface area contributed by atoms with Gasteiger partial charge in [-0.3, -0.25) is 4.79 Å². The molecule has 0 fully saturated rings. The van der Waals surface area contributed by atoms with Crippen LogP contribution in [-0.2, 0) is 11.4 Å². The van der Waals surface area contributed by atoms with Crippen LogP contribution in [0.25, 0.3) is 0 Å². The first-order valence-corrected chi connectivity index (χ1v) is 7.31. The molecule has 20 heavy (non-hydrogen) atoms. The van der Waals surface area contributed by atoms with E-state index < -0.39 is 0 Å². The number of amides is 1. The third kappa shape index (κ3) is 4.03. The molecular weight excluding hydrogens is 274 g/mol. The fourth-order valence-electron chi connectivity index (χ4n) is 1.44. The third-order valence-corrected chi connectivity index (χ3v) is 3.67. The van der Waals surface area contributed by atoms with E-state index in [-0.39, 0.29) is 11.8 Å². The van der Waals surface area contributed by atoms with Gasteiger partial charge in [0.25, 0.3) is 0 Å². The average Bonchev–Trinajstić information content (AvgIpc) is 2.92. The summed E-state index contributed by atoms with van der Waals surface area (Å²) >= 11 is 1.33. The molecule has 1 amide bonds. The van der Waals surface area contributed by atoms with Crippen LogP contribution in [0.1, 0.15) is 25.3 Å². The van der Waals surface area contributed by atoms with E-state index in [1.54, 1.807) is 0 Å². The molecule has 0 saturated heterocycles. The van der Waals surface area contributed by atoms with E-state index in [1.807, 2.05) is 44.2 Å². The molecule has 0 aliphatic carbocycles. The van der Waals surface area contributed by atoms with Crippen molar-refractivity contribution in [3.05, 3.63) is 35.3 Å². The normalized spacial score (nSPS) is 11.9. The summed E-state index contributed by atoms with van der Waals surface area (Å²) in [6.45, 7) is 4.21. The minimum Gasteiger partial charge on any atom is -0.486 e. The summed E-state index contributed by atoms with van der Waals surface area (Å²) in [5, 5.41) is 11.9. The lowest BCUT2D eigenvalue weighted by molar-refractivity contribution is -0.119. The molecule has 1 heterocycles. The Balaban J connectivity index is 1.88. The number of para-hydroxylation sites is 1. The SMILES string of the molecule is CCC(C)C(=O)Nc1nnc(COc2ccccc2)s1. The van der Waals surface area contributed by atoms with E-state index in [0.717, 1.165) is 17.2 Å². The van der Waals surface area contributed by atoms with Crippen molar-refractivity contribution in [3.8, 4) is 5.75 Å². The Labute approximate surface area is 122 Å². The summed E-state index contributed by atoms with van der Waals surface area (Å²) in [6.07, 6.45) is 0.800. The first-order chi connectivity index (χ1) is 9.69. The summed E-state index contributed by atoms with van der Waals surface area (Å²) in [5.74, 6) is 0.731. The lowest BCUT2D eigenvalue weighted by Crippen LogP contribution is -2.19. The molecule has 0 aliphatic heterocycles. The van der Waals surface area contributed by atoms with Gasteiger partial charge >= 0.3 is 0 Å². The zero-order valence-electron chi connectivity index (χ0n) is 11.5. The standard InChI is InChI=1S/C14H17N3O2S/c1-3-10(2)13(18)15-14-17-16-12(20-14)9-19-11-7-5-4-6-8-11/h4-8,10H,3,9H2,1-2H3,(H,15,17,18). The minimum atomic E-state index is -0.0285. The topological polar surface area (TPSA) is 64.1 Å². The van der Waals surface area contributed by atoms with Gasteiger partial charge in [0.1, 0.15) is 12.4 Å². The predicted molar refractivity (Wildman–Crippen MR) is 78.8 cm³/mol. The zero-order chi connectivity index (χ0) is 14.4. The Morgan fingerprint density at radius 3 is 2.80 bits per heavy atom. The monoisotopic (exact) mass is 291 g/mol. The highest BCUT2D eigenvalue weighted by molar-refractivity contribution is 7.15. The number of benzene rings is 1. The second kappa shape index (κ2) is 7.00. The Bertz CT molecular complexity index is 557. The maximum absolute atomic E-state index is 11.7. The maximum atomic E-state index is 11.7. The Kier molecular flexibility index (Phi) is 5.06. The lowest BCUT2D eigenvalue weighted by Gasteiger charge is -2.06. The van der Waals surface area contributed by atoms with Crippen molar-refractivity contribution in [1.29, 1.82) is 0 Å². The van der Waals surface area contributed by atoms with Crippen molar-refractivity contribution in [1.82, 2.24) is 10.2 Å². The Hall–Kier alpha value is -1.95. The number of anilines is 1. The average molecular weight is 291 g/mol. The molecule has 0 bridgehead atoms. The van der Waals surface area contributed by atoms with Gasteiger partial charge in [0.05, 0.1) is 0 Å². The molecule has 2 rings (SSSR count). The van der Waals surface area contributed by atoms with Crippen LogP contribution in [-0.4, -0.2) is 16.1 Å². The molecule has 1 aromatic carbocycles. The van der Waals surface area contributed by atoms with Crippen molar-refractivity contribution in [2.45, 2.75) is 26.9 Å². The number of rotatable bonds is 6. The molecule has 2 aromatic rings. The van der Waals surface area contributed by atoms with Gasteiger partial charge in [0.2, 0.25) is 11.0 Å². The summed E-state index contributed by atoms with van der Waals surface area (Å²) < 4.78 is 5.57. The predicted octanol–water partition coefficient (Wildman–Crippen LogP) is 3.10. The second-order valence-corrected chi connectivity index (χ2v) is 5.46. The molecule has 1 N–H and O–H groups in total. The highest BCUT2D eigenvalue weighted by Gasteiger charge is 2.13. The quantitative estimate of drug-likeness (QED) is 0.888. The van der Waals surface area contributed by atoms with Crippen LogP contribution in [0.4, 0.5) is 5.13 Å². The maximum Gasteiger partial charge on any atom is 0.229 e. The molecule has 106 valence electrons. The van der Waals surface area contributed by atoms with Gasteiger partial charge in [0.15, 0.2) is 5.01 Å². The van der Waals surface area contributed by atoms with Gasteiger partial charge in [-0.25, -0.2) is 0 Å². The van der Waals surface area contributed by atoms with E-state index in [1.165, 1.54) is 11.3 Å². The second-order valence-electron chi connectivity index (χ2n) is 4.40. The highest BCUT2D eigenvalue weighted by atomic mass is 32.1. The third-order valence-electron chi connectivity index (χ3n) is 2.86. The largest absolute Gasteiger partial charge is 0.486 e. The fourth-order valence-corrected chi connectivity index (χ4v) is 2.09. The number of nitrogens with zero attached hydrogens (tertiary/aromatic N) is 2. The Morgan fingerprint density at radius 2 is 2.10 bits per heavy atom. The van der Waals surface area contributed by atoms with E-state index in [4.69, 9.17) is 4.74 Å². The summed E-state index contributed by atoms with van der Waals surface area (Å²) in [7, 11) is 0. The van der Waals surface area contributed by atoms with Crippen LogP contribution in [0.2, 0.25) is 0 Å². The van der Waals surface area contributed by atoms with Crippen LogP contribution in [0.3, 0.4) is 0 Å². The number of ether oxygens (including phenoxy) is 1. The van der Waals surface area contributed by atoms with Crippen LogP contribution in [0, 0.1) is 5.92 Å². The van der Waals surface area contributed by atoms with Gasteiger partial charge < -0.3 is 10.1 Å². The highest BCUT2D eigenvalue weighted by Crippen LogP contribution is 2.18. The molecule has 0 aliphatic rings. The van der Waals surface area contributed by atoms with Gasteiger partial charge in [-0.2, -0.15) is 0 Å². The molecule has 6 heteroatoms. The van der Waals surface area contributed by atoms with Gasteiger partial charge in [-0.05, 0) is 18.6 Å². The van der Waals surface area contributed by atoms with E-state index in [9.17, 15) is 4.79 Å². The first-order valence-electron chi connectivity index (χ1n) is 6.50. The Morgan fingerprint density at radius 1 is 1.35 bits per heavy atom. The number of aromatic nitrogens is 2. The van der Waals surface area contributed by atoms with E-state index in [0.29, 0.717) is 11.7 Å². The molecule has 0 saturated carbocycles. The van der Waals surface area contributed by atoms with Crippen molar-refractivity contribution in [2.75, 3.05) is 5.32 Å². The lowest BCUT2D eigenvalue weighted by atomic mass is 10.1. The molecule has 5 nitrogen and oxygen atoms in total. The van der Waals surface area contributed by atoms with Crippen LogP contribution in [0.5, 0.6) is 5.75 Å². The van der Waals surface area contributed by atoms with Crippen LogP contribution < -0.4 is 10.1 Å². The fraction of sp³-hybridized carbons (Fsp3) is 0.357. The van der Waals surface area contributed by atoms with Gasteiger partial charge in [-0.15, -0.1) is 10.2 Å². The molecule has 0 spiro atoms. The molecule has 1 unspecified atom stereocenters. The van der Waals surface area contributed by atoms with Crippen LogP contribution in [0.15, 0.2) is 30.3 Å². The zero-order valence-corrected chi connectivity index (χ0v) is 12.3. The summed E-state index contributed by atoms with van der Waals surface area (Å²) in [6, 6.07) is 9.51. The van der Waals surface area contributed by atoms with Gasteiger partial charge in [-0.1, -0.05) is 43.4 Å². The summed E-state index contributed by atoms with van der Waals surface area (Å²) in [5.41, 5.74) is 0.